The fourth-order valence-corrected chi connectivity index (χ4v) is 0.708. The molecule has 1 amide bonds. The second-order valence-corrected chi connectivity index (χ2v) is 1.85. The minimum Gasteiger partial charge on any atom is -0.447 e. The van der Waals surface area contributed by atoms with Gasteiger partial charge in [0.15, 0.2) is 0 Å². The zero-order valence-electron chi connectivity index (χ0n) is 5.42. The molecule has 0 saturated carbocycles. The largest absolute Gasteiger partial charge is 0.447 e. The van der Waals surface area contributed by atoms with E-state index in [0.29, 0.717) is 13.2 Å². The topological polar surface area (TPSA) is 29.5 Å². The first-order valence-electron chi connectivity index (χ1n) is 3.00. The third kappa shape index (κ3) is 1.46. The molecule has 1 aliphatic rings. The second kappa shape index (κ2) is 3.20. The van der Waals surface area contributed by atoms with E-state index in [2.05, 4.69) is 4.74 Å². The summed E-state index contributed by atoms with van der Waals surface area (Å²) < 4.78 is 16.1. The van der Waals surface area contributed by atoms with E-state index in [4.69, 9.17) is 0 Å². The Kier molecular flexibility index (Phi) is 2.25. The van der Waals surface area contributed by atoms with Gasteiger partial charge in [-0.05, 0) is 6.08 Å². The molecule has 1 saturated heterocycles. The summed E-state index contributed by atoms with van der Waals surface area (Å²) in [6, 6.07) is 0. The molecule has 0 bridgehead atoms. The number of rotatable bonds is 2. The molecule has 4 heteroatoms. The van der Waals surface area contributed by atoms with Gasteiger partial charge >= 0.3 is 6.09 Å². The Bertz CT molecular complexity index is 158. The molecular formula is C6H8FNO2. The Balaban J connectivity index is 2.40. The van der Waals surface area contributed by atoms with Crippen LogP contribution in [-0.2, 0) is 4.74 Å². The summed E-state index contributed by atoms with van der Waals surface area (Å²) in [7, 11) is 0. The molecule has 0 atom stereocenters. The minimum absolute atomic E-state index is 0.398. The van der Waals surface area contributed by atoms with E-state index in [9.17, 15) is 9.18 Å². The molecule has 1 rings (SSSR count). The lowest BCUT2D eigenvalue weighted by molar-refractivity contribution is 0.166. The maximum Gasteiger partial charge on any atom is 0.413 e. The first-order valence-corrected chi connectivity index (χ1v) is 3.00. The van der Waals surface area contributed by atoms with Crippen molar-refractivity contribution in [3.05, 3.63) is 12.3 Å². The monoisotopic (exact) mass is 145 g/mol. The Hall–Kier alpha value is -1.06. The maximum atomic E-state index is 11.5. The maximum absolute atomic E-state index is 11.5. The van der Waals surface area contributed by atoms with Crippen LogP contribution >= 0.6 is 0 Å². The highest BCUT2D eigenvalue weighted by atomic mass is 19.1. The van der Waals surface area contributed by atoms with Crippen molar-refractivity contribution in [3.63, 3.8) is 0 Å². The summed E-state index contributed by atoms with van der Waals surface area (Å²) in [4.78, 5) is 11.9. The number of hydrogen-bond donors (Lipinski definition) is 0. The number of alkyl halides is 1. The van der Waals surface area contributed by atoms with Crippen molar-refractivity contribution in [2.75, 3.05) is 19.8 Å². The third-order valence-electron chi connectivity index (χ3n) is 1.17. The van der Waals surface area contributed by atoms with Gasteiger partial charge in [0.1, 0.15) is 13.3 Å². The van der Waals surface area contributed by atoms with Gasteiger partial charge in [-0.2, -0.15) is 0 Å². The van der Waals surface area contributed by atoms with E-state index in [-0.39, 0.29) is 0 Å². The minimum atomic E-state index is -0.552. The van der Waals surface area contributed by atoms with Crippen molar-refractivity contribution in [3.8, 4) is 0 Å². The van der Waals surface area contributed by atoms with Crippen LogP contribution < -0.4 is 0 Å². The van der Waals surface area contributed by atoms with Crippen molar-refractivity contribution >= 4 is 6.09 Å². The van der Waals surface area contributed by atoms with Crippen LogP contribution in [0, 0.1) is 0 Å². The third-order valence-corrected chi connectivity index (χ3v) is 1.17. The molecule has 56 valence electrons. The van der Waals surface area contributed by atoms with Crippen molar-refractivity contribution in [2.45, 2.75) is 0 Å². The number of carbonyl (C=O) groups is 1. The molecule has 0 N–H and O–H groups in total. The predicted molar refractivity (Wildman–Crippen MR) is 33.2 cm³/mol. The number of amides is 1. The van der Waals surface area contributed by atoms with Gasteiger partial charge in [-0.15, -0.1) is 0 Å². The lowest BCUT2D eigenvalue weighted by atomic mass is 10.6. The SMILES string of the molecule is O=C1OCCN1/C=C/CF. The highest BCUT2D eigenvalue weighted by Crippen LogP contribution is 2.02. The number of carbonyl (C=O) groups excluding carboxylic acids is 1. The summed E-state index contributed by atoms with van der Waals surface area (Å²) in [6.07, 6.45) is 2.27. The van der Waals surface area contributed by atoms with E-state index in [1.54, 1.807) is 0 Å². The van der Waals surface area contributed by atoms with Gasteiger partial charge in [0.2, 0.25) is 0 Å². The Morgan fingerprint density at radius 1 is 1.80 bits per heavy atom. The lowest BCUT2D eigenvalue weighted by Crippen LogP contribution is -2.16. The first kappa shape index (κ1) is 7.05. The molecule has 0 aromatic heterocycles. The van der Waals surface area contributed by atoms with Crippen LogP contribution in [0.4, 0.5) is 9.18 Å². The molecule has 1 aliphatic heterocycles. The number of ether oxygens (including phenoxy) is 1. The summed E-state index contributed by atoms with van der Waals surface area (Å²) in [5.74, 6) is 0. The molecule has 0 aromatic carbocycles. The lowest BCUT2D eigenvalue weighted by Gasteiger charge is -2.02. The van der Waals surface area contributed by atoms with Gasteiger partial charge < -0.3 is 4.74 Å². The van der Waals surface area contributed by atoms with Crippen LogP contribution in [0.3, 0.4) is 0 Å². The van der Waals surface area contributed by atoms with Crippen LogP contribution in [0.1, 0.15) is 0 Å². The molecule has 1 fully saturated rings. The normalized spacial score (nSPS) is 18.5. The van der Waals surface area contributed by atoms with Gasteiger partial charge in [-0.25, -0.2) is 9.18 Å². The Labute approximate surface area is 58.1 Å². The smallest absolute Gasteiger partial charge is 0.413 e. The molecule has 0 unspecified atom stereocenters. The fourth-order valence-electron chi connectivity index (χ4n) is 0.708. The number of cyclic esters (lactones) is 1. The van der Waals surface area contributed by atoms with E-state index >= 15 is 0 Å². The zero-order chi connectivity index (χ0) is 7.40. The summed E-state index contributed by atoms with van der Waals surface area (Å²) in [5.41, 5.74) is 0. The average molecular weight is 145 g/mol. The molecule has 0 radical (unpaired) electrons. The van der Waals surface area contributed by atoms with Crippen LogP contribution in [0.2, 0.25) is 0 Å². The number of nitrogens with zero attached hydrogens (tertiary/aromatic N) is 1. The molecule has 1 heterocycles. The van der Waals surface area contributed by atoms with Gasteiger partial charge in [0, 0.05) is 6.20 Å². The van der Waals surface area contributed by atoms with E-state index in [1.807, 2.05) is 0 Å². The summed E-state index contributed by atoms with van der Waals surface area (Å²) >= 11 is 0. The van der Waals surface area contributed by atoms with Gasteiger partial charge in [-0.1, -0.05) is 0 Å². The van der Waals surface area contributed by atoms with E-state index in [1.165, 1.54) is 17.2 Å². The second-order valence-electron chi connectivity index (χ2n) is 1.85. The molecule has 0 spiro atoms. The van der Waals surface area contributed by atoms with Crippen LogP contribution in [0.5, 0.6) is 0 Å². The van der Waals surface area contributed by atoms with Crippen LogP contribution in [-0.4, -0.2) is 30.8 Å². The Morgan fingerprint density at radius 2 is 2.60 bits per heavy atom. The quantitative estimate of drug-likeness (QED) is 0.578. The van der Waals surface area contributed by atoms with E-state index in [0.717, 1.165) is 0 Å². The van der Waals surface area contributed by atoms with Crippen LogP contribution in [0.25, 0.3) is 0 Å². The average Bonchev–Trinajstić information content (AvgIpc) is 2.31. The van der Waals surface area contributed by atoms with Crippen molar-refractivity contribution in [1.29, 1.82) is 0 Å². The number of hydrogen-bond acceptors (Lipinski definition) is 2. The summed E-state index contributed by atoms with van der Waals surface area (Å²) in [5, 5.41) is 0. The zero-order valence-corrected chi connectivity index (χ0v) is 5.42. The van der Waals surface area contributed by atoms with E-state index < -0.39 is 12.8 Å². The van der Waals surface area contributed by atoms with Gasteiger partial charge in [0.25, 0.3) is 0 Å². The molecular weight excluding hydrogens is 137 g/mol. The number of allylic oxidation sites excluding steroid dienone is 1. The molecule has 10 heavy (non-hydrogen) atoms. The fraction of sp³-hybridized carbons (Fsp3) is 0.500. The van der Waals surface area contributed by atoms with Crippen molar-refractivity contribution < 1.29 is 13.9 Å². The van der Waals surface area contributed by atoms with Gasteiger partial charge in [-0.3, -0.25) is 4.90 Å². The highest BCUT2D eigenvalue weighted by Gasteiger charge is 2.18. The standard InChI is InChI=1S/C6H8FNO2/c7-2-1-3-8-4-5-10-6(8)9/h1,3H,2,4-5H2/b3-1+. The predicted octanol–water partition coefficient (Wildman–Crippen LogP) is 0.922. The van der Waals surface area contributed by atoms with Crippen molar-refractivity contribution in [1.82, 2.24) is 4.90 Å². The highest BCUT2D eigenvalue weighted by molar-refractivity contribution is 5.70. The Morgan fingerprint density at radius 3 is 3.10 bits per heavy atom. The molecule has 0 aromatic rings. The molecule has 3 nitrogen and oxygen atoms in total. The van der Waals surface area contributed by atoms with Crippen LogP contribution in [0.15, 0.2) is 12.3 Å². The molecule has 0 aliphatic carbocycles. The van der Waals surface area contributed by atoms with Crippen molar-refractivity contribution in [2.24, 2.45) is 0 Å². The number of halogens is 1. The summed E-state index contributed by atoms with van der Waals surface area (Å²) in [6.45, 7) is 0.370. The van der Waals surface area contributed by atoms with Gasteiger partial charge in [0.05, 0.1) is 6.54 Å². The first-order chi connectivity index (χ1) is 4.84.